The summed E-state index contributed by atoms with van der Waals surface area (Å²) in [5, 5.41) is 8.24. The lowest BCUT2D eigenvalue weighted by Gasteiger charge is -2.17. The van der Waals surface area contributed by atoms with Gasteiger partial charge in [-0.05, 0) is 54.2 Å². The molecule has 0 bridgehead atoms. The van der Waals surface area contributed by atoms with Gasteiger partial charge < -0.3 is 9.47 Å². The maximum absolute atomic E-state index is 12.8. The molecule has 0 saturated heterocycles. The molecule has 2 aromatic carbocycles. The van der Waals surface area contributed by atoms with Crippen LogP contribution < -0.4 is 4.90 Å². The first-order chi connectivity index (χ1) is 12.6. The van der Waals surface area contributed by atoms with Crippen LogP contribution in [-0.2, 0) is 13.6 Å². The van der Waals surface area contributed by atoms with E-state index < -0.39 is 0 Å². The monoisotopic (exact) mass is 344 g/mol. The molecule has 1 aliphatic heterocycles. The summed E-state index contributed by atoms with van der Waals surface area (Å²) in [4.78, 5) is 14.7. The molecule has 26 heavy (non-hydrogen) atoms. The van der Waals surface area contributed by atoms with Crippen LogP contribution in [0.15, 0.2) is 48.8 Å². The first-order valence-electron chi connectivity index (χ1n) is 8.97. The van der Waals surface area contributed by atoms with Gasteiger partial charge in [0.1, 0.15) is 12.2 Å². The van der Waals surface area contributed by atoms with Crippen LogP contribution in [-0.4, -0.2) is 20.7 Å². The highest BCUT2D eigenvalue weighted by atomic mass is 16.2. The van der Waals surface area contributed by atoms with Gasteiger partial charge in [0.15, 0.2) is 0 Å². The second kappa shape index (κ2) is 5.53. The van der Waals surface area contributed by atoms with Crippen LogP contribution in [0.5, 0.6) is 0 Å². The molecule has 5 heteroatoms. The van der Waals surface area contributed by atoms with E-state index in [0.29, 0.717) is 18.4 Å². The molecule has 3 aromatic rings. The largest absolute Gasteiger partial charge is 0.320 e. The first-order valence-corrected chi connectivity index (χ1v) is 8.97. The Labute approximate surface area is 152 Å². The molecular weight excluding hydrogens is 324 g/mol. The van der Waals surface area contributed by atoms with Crippen molar-refractivity contribution >= 4 is 11.6 Å². The molecule has 130 valence electrons. The number of hydrogen-bond donors (Lipinski definition) is 0. The highest BCUT2D eigenvalue weighted by molar-refractivity contribution is 6.10. The summed E-state index contributed by atoms with van der Waals surface area (Å²) in [5.74, 6) is 2.02. The molecule has 2 heterocycles. The van der Waals surface area contributed by atoms with Gasteiger partial charge in [0.2, 0.25) is 0 Å². The van der Waals surface area contributed by atoms with E-state index in [1.807, 2.05) is 34.7 Å². The fourth-order valence-electron chi connectivity index (χ4n) is 4.10. The van der Waals surface area contributed by atoms with E-state index in [2.05, 4.69) is 41.4 Å². The van der Waals surface area contributed by atoms with Crippen LogP contribution in [0.3, 0.4) is 0 Å². The smallest absolute Gasteiger partial charge is 0.258 e. The third-order valence-electron chi connectivity index (χ3n) is 5.68. The summed E-state index contributed by atoms with van der Waals surface area (Å²) in [6.07, 6.45) is 2.84. The Kier molecular flexibility index (Phi) is 3.26. The van der Waals surface area contributed by atoms with Crippen molar-refractivity contribution in [3.8, 4) is 0 Å². The van der Waals surface area contributed by atoms with Gasteiger partial charge in [-0.25, -0.2) is 0 Å². The molecule has 2 atom stereocenters. The lowest BCUT2D eigenvalue weighted by atomic mass is 10.1. The van der Waals surface area contributed by atoms with Gasteiger partial charge in [0.25, 0.3) is 5.91 Å². The second-order valence-corrected chi connectivity index (χ2v) is 7.34. The van der Waals surface area contributed by atoms with E-state index in [4.69, 9.17) is 0 Å². The molecule has 2 aliphatic rings. The molecular formula is C21H20N4O. The summed E-state index contributed by atoms with van der Waals surface area (Å²) in [7, 11) is 1.99. The minimum Gasteiger partial charge on any atom is -0.320 e. The molecule has 1 amide bonds. The number of fused-ring (bicyclic) bond motifs is 1. The molecule has 1 saturated carbocycles. The summed E-state index contributed by atoms with van der Waals surface area (Å²) < 4.78 is 2.00. The predicted molar refractivity (Wildman–Crippen MR) is 99.2 cm³/mol. The zero-order chi connectivity index (χ0) is 17.8. The third kappa shape index (κ3) is 2.27. The number of benzene rings is 2. The first kappa shape index (κ1) is 15.3. The van der Waals surface area contributed by atoms with Gasteiger partial charge in [-0.15, -0.1) is 10.2 Å². The van der Waals surface area contributed by atoms with Crippen molar-refractivity contribution in [3.05, 3.63) is 76.9 Å². The van der Waals surface area contributed by atoms with Crippen molar-refractivity contribution in [2.24, 2.45) is 7.05 Å². The van der Waals surface area contributed by atoms with Crippen LogP contribution in [0.4, 0.5) is 5.69 Å². The Hall–Kier alpha value is -2.95. The number of rotatable bonds is 3. The highest BCUT2D eigenvalue weighted by Gasteiger charge is 2.42. The van der Waals surface area contributed by atoms with Gasteiger partial charge in [-0.2, -0.15) is 0 Å². The maximum atomic E-state index is 12.8. The predicted octanol–water partition coefficient (Wildman–Crippen LogP) is 3.56. The topological polar surface area (TPSA) is 51.0 Å². The Morgan fingerprint density at radius 3 is 2.73 bits per heavy atom. The van der Waals surface area contributed by atoms with Crippen LogP contribution in [0, 0.1) is 6.92 Å². The van der Waals surface area contributed by atoms with Gasteiger partial charge in [-0.1, -0.05) is 24.3 Å². The average molecular weight is 344 g/mol. The Morgan fingerprint density at radius 1 is 1.12 bits per heavy atom. The van der Waals surface area contributed by atoms with Crippen molar-refractivity contribution in [1.82, 2.24) is 14.8 Å². The quantitative estimate of drug-likeness (QED) is 0.730. The Balaban J connectivity index is 1.43. The fraction of sp³-hybridized carbons (Fsp3) is 0.286. The zero-order valence-corrected chi connectivity index (χ0v) is 14.9. The number of hydrogen-bond acceptors (Lipinski definition) is 3. The van der Waals surface area contributed by atoms with Crippen molar-refractivity contribution < 1.29 is 4.79 Å². The Morgan fingerprint density at radius 2 is 1.96 bits per heavy atom. The summed E-state index contributed by atoms with van der Waals surface area (Å²) in [6.45, 7) is 2.73. The number of aryl methyl sites for hydroxylation is 2. The van der Waals surface area contributed by atoms with E-state index in [0.717, 1.165) is 29.1 Å². The van der Waals surface area contributed by atoms with Crippen molar-refractivity contribution in [1.29, 1.82) is 0 Å². The zero-order valence-electron chi connectivity index (χ0n) is 14.9. The molecule has 0 N–H and O–H groups in total. The van der Waals surface area contributed by atoms with E-state index >= 15 is 0 Å². The maximum Gasteiger partial charge on any atom is 0.258 e. The lowest BCUT2D eigenvalue weighted by Crippen LogP contribution is -2.23. The van der Waals surface area contributed by atoms with Crippen LogP contribution in [0.1, 0.15) is 51.1 Å². The van der Waals surface area contributed by atoms with E-state index in [1.54, 1.807) is 6.33 Å². The Bertz CT molecular complexity index is 1020. The fourth-order valence-corrected chi connectivity index (χ4v) is 4.10. The van der Waals surface area contributed by atoms with E-state index in [-0.39, 0.29) is 5.91 Å². The highest BCUT2D eigenvalue weighted by Crippen LogP contribution is 2.54. The van der Waals surface area contributed by atoms with Gasteiger partial charge in [0.05, 0.1) is 6.54 Å². The van der Waals surface area contributed by atoms with Gasteiger partial charge in [0, 0.05) is 24.2 Å². The number of aromatic nitrogens is 3. The van der Waals surface area contributed by atoms with Gasteiger partial charge in [-0.3, -0.25) is 4.79 Å². The molecule has 5 nitrogen and oxygen atoms in total. The van der Waals surface area contributed by atoms with Crippen LogP contribution in [0.2, 0.25) is 0 Å². The molecule has 0 unspecified atom stereocenters. The minimum absolute atomic E-state index is 0.0986. The number of carbonyl (C=O) groups excluding carboxylic acids is 1. The summed E-state index contributed by atoms with van der Waals surface area (Å²) in [6, 6.07) is 14.4. The number of nitrogens with zero attached hydrogens (tertiary/aromatic N) is 4. The average Bonchev–Trinajstić information content (AvgIpc) is 3.21. The summed E-state index contributed by atoms with van der Waals surface area (Å²) in [5.41, 5.74) is 5.41. The molecule has 1 fully saturated rings. The number of amides is 1. The van der Waals surface area contributed by atoms with E-state index in [9.17, 15) is 4.79 Å². The van der Waals surface area contributed by atoms with Crippen molar-refractivity contribution in [2.45, 2.75) is 31.7 Å². The number of anilines is 1. The van der Waals surface area contributed by atoms with Crippen LogP contribution >= 0.6 is 0 Å². The standard InChI is InChI=1S/C21H20N4O/c1-13-5-3-8-16-19(13)11-25(21(16)26)15-7-4-6-14(9-15)17-10-18(17)20-23-22-12-24(20)2/h3-9,12,17-18H,10-11H2,1-2H3/t17-,18-/m1/s1. The lowest BCUT2D eigenvalue weighted by molar-refractivity contribution is 0.0996. The molecule has 1 aliphatic carbocycles. The van der Waals surface area contributed by atoms with E-state index in [1.165, 1.54) is 11.1 Å². The number of carbonyl (C=O) groups is 1. The molecule has 1 aromatic heterocycles. The molecule has 5 rings (SSSR count). The minimum atomic E-state index is 0.0986. The normalized spacial score (nSPS) is 21.2. The molecule has 0 spiro atoms. The second-order valence-electron chi connectivity index (χ2n) is 7.34. The van der Waals surface area contributed by atoms with Crippen molar-refractivity contribution in [3.63, 3.8) is 0 Å². The molecule has 0 radical (unpaired) electrons. The third-order valence-corrected chi connectivity index (χ3v) is 5.68. The van der Waals surface area contributed by atoms with Gasteiger partial charge >= 0.3 is 0 Å². The summed E-state index contributed by atoms with van der Waals surface area (Å²) >= 11 is 0. The van der Waals surface area contributed by atoms with Crippen molar-refractivity contribution in [2.75, 3.05) is 4.90 Å². The van der Waals surface area contributed by atoms with Crippen LogP contribution in [0.25, 0.3) is 0 Å². The SMILES string of the molecule is Cc1cccc2c1CN(c1cccc([C@H]3C[C@H]3c3nncn3C)c1)C2=O.